The quantitative estimate of drug-likeness (QED) is 0.790. The van der Waals surface area contributed by atoms with Crippen LogP contribution in [0.3, 0.4) is 0 Å². The van der Waals surface area contributed by atoms with Crippen LogP contribution < -0.4 is 5.32 Å². The number of nitrogens with zero attached hydrogens (tertiary/aromatic N) is 2. The molecule has 27 heavy (non-hydrogen) atoms. The molecule has 2 aliphatic rings. The first-order valence-electron chi connectivity index (χ1n) is 9.41. The summed E-state index contributed by atoms with van der Waals surface area (Å²) >= 11 is 0. The summed E-state index contributed by atoms with van der Waals surface area (Å²) in [5.41, 5.74) is 0.0301. The van der Waals surface area contributed by atoms with E-state index in [1.54, 1.807) is 17.0 Å². The topological polar surface area (TPSA) is 35.6 Å². The molecule has 2 amide bonds. The fraction of sp³-hybridized carbons (Fsp3) is 0.550. The molecule has 2 fully saturated rings. The smallest absolute Gasteiger partial charge is 0.335 e. The number of hydrogen-bond donors (Lipinski definition) is 1. The predicted octanol–water partition coefficient (Wildman–Crippen LogP) is 3.71. The average Bonchev–Trinajstić information content (AvgIpc) is 3.29. The van der Waals surface area contributed by atoms with Crippen molar-refractivity contribution in [3.63, 3.8) is 0 Å². The number of halogens is 3. The van der Waals surface area contributed by atoms with Gasteiger partial charge in [0, 0.05) is 32.1 Å². The van der Waals surface area contributed by atoms with E-state index in [0.29, 0.717) is 25.2 Å². The lowest BCUT2D eigenvalue weighted by Gasteiger charge is -2.24. The molecule has 0 radical (unpaired) electrons. The van der Waals surface area contributed by atoms with Crippen molar-refractivity contribution >= 4 is 6.03 Å². The molecule has 0 spiro atoms. The molecule has 2 saturated heterocycles. The van der Waals surface area contributed by atoms with Gasteiger partial charge in [0.2, 0.25) is 0 Å². The maximum Gasteiger partial charge on any atom is 0.416 e. The molecule has 1 aromatic carbocycles. The van der Waals surface area contributed by atoms with E-state index < -0.39 is 11.7 Å². The van der Waals surface area contributed by atoms with E-state index in [-0.39, 0.29) is 17.9 Å². The van der Waals surface area contributed by atoms with E-state index in [4.69, 9.17) is 0 Å². The molecular weight excluding hydrogens is 355 g/mol. The third kappa shape index (κ3) is 4.83. The molecule has 1 aromatic rings. The molecule has 2 aliphatic heterocycles. The number of amides is 2. The van der Waals surface area contributed by atoms with E-state index in [1.165, 1.54) is 12.1 Å². The van der Waals surface area contributed by atoms with E-state index in [2.05, 4.69) is 16.8 Å². The van der Waals surface area contributed by atoms with Crippen molar-refractivity contribution in [3.05, 3.63) is 48.0 Å². The number of carbonyl (C=O) groups excluding carboxylic acids is 1. The van der Waals surface area contributed by atoms with E-state index >= 15 is 0 Å². The van der Waals surface area contributed by atoms with Gasteiger partial charge in [-0.1, -0.05) is 24.3 Å². The van der Waals surface area contributed by atoms with Crippen LogP contribution in [-0.4, -0.2) is 55.1 Å². The zero-order valence-electron chi connectivity index (χ0n) is 15.3. The first-order valence-corrected chi connectivity index (χ1v) is 9.41. The highest BCUT2D eigenvalue weighted by atomic mass is 19.4. The Labute approximate surface area is 158 Å². The minimum atomic E-state index is -4.36. The Morgan fingerprint density at radius 1 is 1.26 bits per heavy atom. The van der Waals surface area contributed by atoms with Gasteiger partial charge in [-0.2, -0.15) is 13.2 Å². The second-order valence-electron chi connectivity index (χ2n) is 7.38. The summed E-state index contributed by atoms with van der Waals surface area (Å²) in [6.07, 6.45) is -0.435. The third-order valence-electron chi connectivity index (χ3n) is 5.46. The van der Waals surface area contributed by atoms with Crippen LogP contribution in [0.4, 0.5) is 18.0 Å². The second-order valence-corrected chi connectivity index (χ2v) is 7.38. The van der Waals surface area contributed by atoms with Crippen molar-refractivity contribution in [2.45, 2.75) is 24.9 Å². The van der Waals surface area contributed by atoms with Gasteiger partial charge < -0.3 is 15.1 Å². The Hall–Kier alpha value is -2.02. The summed E-state index contributed by atoms with van der Waals surface area (Å²) in [7, 11) is 0. The van der Waals surface area contributed by atoms with Gasteiger partial charge in [0.05, 0.1) is 5.56 Å². The fourth-order valence-corrected chi connectivity index (χ4v) is 4.11. The van der Waals surface area contributed by atoms with Gasteiger partial charge in [-0.05, 0) is 43.5 Å². The number of hydrogen-bond acceptors (Lipinski definition) is 2. The van der Waals surface area contributed by atoms with Gasteiger partial charge in [-0.3, -0.25) is 0 Å². The van der Waals surface area contributed by atoms with Crippen molar-refractivity contribution in [2.24, 2.45) is 5.92 Å². The van der Waals surface area contributed by atoms with Crippen molar-refractivity contribution < 1.29 is 18.0 Å². The highest BCUT2D eigenvalue weighted by Crippen LogP contribution is 2.37. The van der Waals surface area contributed by atoms with Crippen LogP contribution >= 0.6 is 0 Å². The van der Waals surface area contributed by atoms with Crippen LogP contribution in [0.5, 0.6) is 0 Å². The monoisotopic (exact) mass is 381 g/mol. The maximum absolute atomic E-state index is 13.1. The Morgan fingerprint density at radius 2 is 2.00 bits per heavy atom. The van der Waals surface area contributed by atoms with Crippen LogP contribution in [-0.2, 0) is 6.18 Å². The standard InChI is InChI=1S/C20H26F3N3O/c1-2-8-24-19(27)26-13-16(12-25-9-3-4-10-25)18(14-26)15-6-5-7-17(11-15)20(21,22)23/h2,5-7,11,16,18H,1,3-4,8-10,12-14H2,(H,24,27). The molecule has 2 atom stereocenters. The minimum absolute atomic E-state index is 0.0950. The predicted molar refractivity (Wildman–Crippen MR) is 98.5 cm³/mol. The molecule has 7 heteroatoms. The molecule has 3 rings (SSSR count). The molecule has 0 saturated carbocycles. The number of rotatable bonds is 5. The van der Waals surface area contributed by atoms with E-state index in [0.717, 1.165) is 38.5 Å². The zero-order valence-corrected chi connectivity index (χ0v) is 15.3. The number of benzene rings is 1. The van der Waals surface area contributed by atoms with Crippen LogP contribution in [0.15, 0.2) is 36.9 Å². The number of likely N-dealkylation sites (tertiary alicyclic amines) is 2. The Kier molecular flexibility index (Phi) is 6.09. The first kappa shape index (κ1) is 19.7. The minimum Gasteiger partial charge on any atom is -0.335 e. The zero-order chi connectivity index (χ0) is 19.4. The molecule has 0 aromatic heterocycles. The molecule has 2 heterocycles. The van der Waals surface area contributed by atoms with Gasteiger partial charge in [-0.25, -0.2) is 4.79 Å². The lowest BCUT2D eigenvalue weighted by Crippen LogP contribution is -2.39. The van der Waals surface area contributed by atoms with Crippen LogP contribution in [0, 0.1) is 5.92 Å². The van der Waals surface area contributed by atoms with E-state index in [1.807, 2.05) is 0 Å². The lowest BCUT2D eigenvalue weighted by atomic mass is 9.87. The molecule has 4 nitrogen and oxygen atoms in total. The van der Waals surface area contributed by atoms with Crippen LogP contribution in [0.2, 0.25) is 0 Å². The molecular formula is C20H26F3N3O. The van der Waals surface area contributed by atoms with Crippen molar-refractivity contribution in [3.8, 4) is 0 Å². The van der Waals surface area contributed by atoms with Gasteiger partial charge in [0.25, 0.3) is 0 Å². The number of carbonyl (C=O) groups is 1. The van der Waals surface area contributed by atoms with Crippen LogP contribution in [0.25, 0.3) is 0 Å². The Bertz CT molecular complexity index is 671. The summed E-state index contributed by atoms with van der Waals surface area (Å²) in [5, 5.41) is 2.77. The van der Waals surface area contributed by atoms with Crippen LogP contribution in [0.1, 0.15) is 29.9 Å². The highest BCUT2D eigenvalue weighted by molar-refractivity contribution is 5.74. The van der Waals surface area contributed by atoms with Gasteiger partial charge in [-0.15, -0.1) is 6.58 Å². The maximum atomic E-state index is 13.1. The normalized spacial score (nSPS) is 23.6. The van der Waals surface area contributed by atoms with Gasteiger partial charge >= 0.3 is 12.2 Å². The highest BCUT2D eigenvalue weighted by Gasteiger charge is 2.38. The largest absolute Gasteiger partial charge is 0.416 e. The van der Waals surface area contributed by atoms with Gasteiger partial charge in [0.15, 0.2) is 0 Å². The molecule has 148 valence electrons. The van der Waals surface area contributed by atoms with Crippen molar-refractivity contribution in [1.29, 1.82) is 0 Å². The molecule has 0 aliphatic carbocycles. The first-order chi connectivity index (χ1) is 12.9. The van der Waals surface area contributed by atoms with Crippen molar-refractivity contribution in [1.82, 2.24) is 15.1 Å². The van der Waals surface area contributed by atoms with Crippen molar-refractivity contribution in [2.75, 3.05) is 39.3 Å². The van der Waals surface area contributed by atoms with E-state index in [9.17, 15) is 18.0 Å². The molecule has 2 unspecified atom stereocenters. The Morgan fingerprint density at radius 3 is 2.67 bits per heavy atom. The average molecular weight is 381 g/mol. The summed E-state index contributed by atoms with van der Waals surface area (Å²) in [5.74, 6) is 0.0310. The third-order valence-corrected chi connectivity index (χ3v) is 5.46. The molecule has 0 bridgehead atoms. The second kappa shape index (κ2) is 8.33. The summed E-state index contributed by atoms with van der Waals surface area (Å²) < 4.78 is 39.4. The number of alkyl halides is 3. The summed E-state index contributed by atoms with van der Waals surface area (Å²) in [6.45, 7) is 7.81. The SMILES string of the molecule is C=CCNC(=O)N1CC(CN2CCCC2)C(c2cccc(C(F)(F)F)c2)C1. The Balaban J connectivity index is 1.80. The molecule has 1 N–H and O–H groups in total. The summed E-state index contributed by atoms with van der Waals surface area (Å²) in [6, 6.07) is 5.37. The van der Waals surface area contributed by atoms with Gasteiger partial charge in [0.1, 0.15) is 0 Å². The fourth-order valence-electron chi connectivity index (χ4n) is 4.11. The summed E-state index contributed by atoms with van der Waals surface area (Å²) in [4.78, 5) is 16.4. The number of nitrogens with one attached hydrogen (secondary N) is 1. The lowest BCUT2D eigenvalue weighted by molar-refractivity contribution is -0.137. The number of urea groups is 1.